The van der Waals surface area contributed by atoms with Gasteiger partial charge in [-0.2, -0.15) is 0 Å². The highest BCUT2D eigenvalue weighted by molar-refractivity contribution is 5.24. The first kappa shape index (κ1) is 10.6. The maximum atomic E-state index is 12.4. The summed E-state index contributed by atoms with van der Waals surface area (Å²) in [6.45, 7) is 2.07. The number of hydrogen-bond acceptors (Lipinski definition) is 1. The van der Waals surface area contributed by atoms with Gasteiger partial charge in [-0.3, -0.25) is 0 Å². The molecule has 1 aliphatic rings. The predicted molar refractivity (Wildman–Crippen MR) is 56.1 cm³/mol. The lowest BCUT2D eigenvalue weighted by molar-refractivity contribution is 0.151. The molecule has 1 aromatic carbocycles. The lowest BCUT2D eigenvalue weighted by Crippen LogP contribution is -2.10. The smallest absolute Gasteiger partial charge is 0.263 e. The monoisotopic (exact) mass is 211 g/mol. The Morgan fingerprint density at radius 2 is 2.27 bits per heavy atom. The highest BCUT2D eigenvalue weighted by atomic mass is 19.3. The van der Waals surface area contributed by atoms with Gasteiger partial charge in [0.2, 0.25) is 0 Å². The first-order chi connectivity index (χ1) is 7.25. The molecule has 0 amide bonds. The van der Waals surface area contributed by atoms with Crippen molar-refractivity contribution in [1.29, 1.82) is 0 Å². The summed E-state index contributed by atoms with van der Waals surface area (Å²) >= 11 is 0. The van der Waals surface area contributed by atoms with Crippen molar-refractivity contribution in [3.63, 3.8) is 0 Å². The lowest BCUT2D eigenvalue weighted by Gasteiger charge is -2.09. The van der Waals surface area contributed by atoms with E-state index >= 15 is 0 Å². The molecule has 1 N–H and O–H groups in total. The van der Waals surface area contributed by atoms with E-state index in [1.165, 1.54) is 6.07 Å². The molecule has 1 fully saturated rings. The molecular formula is C12H15F2N. The zero-order valence-corrected chi connectivity index (χ0v) is 8.55. The summed E-state index contributed by atoms with van der Waals surface area (Å²) < 4.78 is 24.9. The van der Waals surface area contributed by atoms with Crippen LogP contribution in [0.25, 0.3) is 0 Å². The largest absolute Gasteiger partial charge is 0.316 e. The molecule has 0 radical (unpaired) electrons. The van der Waals surface area contributed by atoms with E-state index in [4.69, 9.17) is 0 Å². The Balaban J connectivity index is 2.04. The van der Waals surface area contributed by atoms with Crippen LogP contribution in [-0.4, -0.2) is 13.1 Å². The quantitative estimate of drug-likeness (QED) is 0.810. The van der Waals surface area contributed by atoms with Crippen LogP contribution in [0, 0.1) is 5.92 Å². The summed E-state index contributed by atoms with van der Waals surface area (Å²) in [4.78, 5) is 0. The van der Waals surface area contributed by atoms with Gasteiger partial charge in [0.1, 0.15) is 0 Å². The van der Waals surface area contributed by atoms with Crippen LogP contribution in [0.2, 0.25) is 0 Å². The Bertz CT molecular complexity index is 319. The molecule has 0 aliphatic carbocycles. The van der Waals surface area contributed by atoms with Crippen molar-refractivity contribution in [3.8, 4) is 0 Å². The molecular weight excluding hydrogens is 196 g/mol. The predicted octanol–water partition coefficient (Wildman–Crippen LogP) is 2.78. The molecule has 1 atom stereocenters. The van der Waals surface area contributed by atoms with Crippen LogP contribution in [0.1, 0.15) is 24.0 Å². The fourth-order valence-corrected chi connectivity index (χ4v) is 2.08. The first-order valence-corrected chi connectivity index (χ1v) is 5.33. The Kier molecular flexibility index (Phi) is 3.31. The summed E-state index contributed by atoms with van der Waals surface area (Å²) in [5.41, 5.74) is 1.17. The molecule has 82 valence electrons. The standard InChI is InChI=1S/C12H15F2N/c13-12(14)11-3-1-2-9(7-11)6-10-4-5-15-8-10/h1-3,7,10,12,15H,4-6,8H2. The third-order valence-electron chi connectivity index (χ3n) is 2.89. The van der Waals surface area contributed by atoms with E-state index in [2.05, 4.69) is 5.32 Å². The number of alkyl halides is 2. The minimum atomic E-state index is -2.35. The van der Waals surface area contributed by atoms with Crippen molar-refractivity contribution in [3.05, 3.63) is 35.4 Å². The summed E-state index contributed by atoms with van der Waals surface area (Å²) in [5.74, 6) is 0.609. The summed E-state index contributed by atoms with van der Waals surface area (Å²) in [7, 11) is 0. The van der Waals surface area contributed by atoms with Gasteiger partial charge in [-0.25, -0.2) is 8.78 Å². The van der Waals surface area contributed by atoms with Crippen LogP contribution in [0.15, 0.2) is 24.3 Å². The molecule has 3 heteroatoms. The number of benzene rings is 1. The van der Waals surface area contributed by atoms with Crippen LogP contribution >= 0.6 is 0 Å². The van der Waals surface area contributed by atoms with Crippen LogP contribution in [0.5, 0.6) is 0 Å². The van der Waals surface area contributed by atoms with Crippen molar-refractivity contribution in [2.45, 2.75) is 19.3 Å². The first-order valence-electron chi connectivity index (χ1n) is 5.33. The van der Waals surface area contributed by atoms with Gasteiger partial charge in [0, 0.05) is 5.56 Å². The Labute approximate surface area is 88.5 Å². The van der Waals surface area contributed by atoms with Crippen LogP contribution in [0.3, 0.4) is 0 Å². The molecule has 1 saturated heterocycles. The number of hydrogen-bond donors (Lipinski definition) is 1. The number of halogens is 2. The molecule has 1 aliphatic heterocycles. The normalized spacial score (nSPS) is 21.1. The van der Waals surface area contributed by atoms with Gasteiger partial charge >= 0.3 is 0 Å². The van der Waals surface area contributed by atoms with Gasteiger partial charge in [-0.05, 0) is 37.4 Å². The topological polar surface area (TPSA) is 12.0 Å². The van der Waals surface area contributed by atoms with Crippen LogP contribution in [0.4, 0.5) is 8.78 Å². The average molecular weight is 211 g/mol. The molecule has 0 saturated carbocycles. The molecule has 15 heavy (non-hydrogen) atoms. The van der Waals surface area contributed by atoms with Gasteiger partial charge < -0.3 is 5.32 Å². The van der Waals surface area contributed by atoms with Crippen molar-refractivity contribution >= 4 is 0 Å². The highest BCUT2D eigenvalue weighted by Crippen LogP contribution is 2.22. The molecule has 1 aromatic rings. The summed E-state index contributed by atoms with van der Waals surface area (Å²) in [6, 6.07) is 6.77. The fraction of sp³-hybridized carbons (Fsp3) is 0.500. The van der Waals surface area contributed by atoms with Crippen molar-refractivity contribution in [2.75, 3.05) is 13.1 Å². The fourth-order valence-electron chi connectivity index (χ4n) is 2.08. The zero-order valence-electron chi connectivity index (χ0n) is 8.55. The molecule has 1 nitrogen and oxygen atoms in total. The van der Waals surface area contributed by atoms with Gasteiger partial charge in [-0.1, -0.05) is 24.3 Å². The van der Waals surface area contributed by atoms with Gasteiger partial charge in [0.25, 0.3) is 6.43 Å². The second kappa shape index (κ2) is 4.71. The van der Waals surface area contributed by atoms with E-state index < -0.39 is 6.43 Å². The van der Waals surface area contributed by atoms with Crippen molar-refractivity contribution in [2.24, 2.45) is 5.92 Å². The van der Waals surface area contributed by atoms with E-state index in [0.717, 1.165) is 31.5 Å². The van der Waals surface area contributed by atoms with Crippen LogP contribution in [-0.2, 0) is 6.42 Å². The van der Waals surface area contributed by atoms with E-state index in [-0.39, 0.29) is 5.56 Å². The van der Waals surface area contributed by atoms with Crippen molar-refractivity contribution in [1.82, 2.24) is 5.32 Å². The minimum Gasteiger partial charge on any atom is -0.316 e. The molecule has 2 rings (SSSR count). The highest BCUT2D eigenvalue weighted by Gasteiger charge is 2.15. The van der Waals surface area contributed by atoms with Crippen LogP contribution < -0.4 is 5.32 Å². The van der Waals surface area contributed by atoms with E-state index in [9.17, 15) is 8.78 Å². The molecule has 1 heterocycles. The maximum Gasteiger partial charge on any atom is 0.263 e. The second-order valence-corrected chi connectivity index (χ2v) is 4.11. The van der Waals surface area contributed by atoms with Crippen molar-refractivity contribution < 1.29 is 8.78 Å². The number of rotatable bonds is 3. The zero-order chi connectivity index (χ0) is 10.7. The molecule has 0 bridgehead atoms. The Morgan fingerprint density at radius 1 is 1.40 bits per heavy atom. The molecule has 1 unspecified atom stereocenters. The molecule has 0 spiro atoms. The van der Waals surface area contributed by atoms with Gasteiger partial charge in [0.15, 0.2) is 0 Å². The lowest BCUT2D eigenvalue weighted by atomic mass is 9.97. The summed E-state index contributed by atoms with van der Waals surface area (Å²) in [5, 5.41) is 3.28. The average Bonchev–Trinajstić information content (AvgIpc) is 2.71. The SMILES string of the molecule is FC(F)c1cccc(CC2CCNC2)c1. The van der Waals surface area contributed by atoms with E-state index in [0.29, 0.717) is 5.92 Å². The number of nitrogens with one attached hydrogen (secondary N) is 1. The second-order valence-electron chi connectivity index (χ2n) is 4.11. The minimum absolute atomic E-state index is 0.137. The Morgan fingerprint density at radius 3 is 2.93 bits per heavy atom. The third kappa shape index (κ3) is 2.75. The Hall–Kier alpha value is -0.960. The van der Waals surface area contributed by atoms with Gasteiger partial charge in [0.05, 0.1) is 0 Å². The van der Waals surface area contributed by atoms with E-state index in [1.807, 2.05) is 6.07 Å². The summed E-state index contributed by atoms with van der Waals surface area (Å²) in [6.07, 6.45) is -0.293. The molecule has 0 aromatic heterocycles. The van der Waals surface area contributed by atoms with E-state index in [1.54, 1.807) is 12.1 Å². The van der Waals surface area contributed by atoms with Gasteiger partial charge in [-0.15, -0.1) is 0 Å². The maximum absolute atomic E-state index is 12.4. The third-order valence-corrected chi connectivity index (χ3v) is 2.89.